The van der Waals surface area contributed by atoms with Gasteiger partial charge in [-0.15, -0.1) is 0 Å². The lowest BCUT2D eigenvalue weighted by Gasteiger charge is -2.26. The zero-order valence-corrected chi connectivity index (χ0v) is 18.2. The van der Waals surface area contributed by atoms with Gasteiger partial charge in [-0.3, -0.25) is 9.59 Å². The summed E-state index contributed by atoms with van der Waals surface area (Å²) >= 11 is 0. The van der Waals surface area contributed by atoms with Crippen LogP contribution in [0.1, 0.15) is 36.8 Å². The van der Waals surface area contributed by atoms with Crippen LogP contribution in [0.2, 0.25) is 0 Å². The predicted octanol–water partition coefficient (Wildman–Crippen LogP) is 3.87. The normalized spacial score (nSPS) is 12.6. The van der Waals surface area contributed by atoms with Gasteiger partial charge in [0.05, 0.1) is 6.54 Å². The van der Waals surface area contributed by atoms with Gasteiger partial charge in [0.25, 0.3) is 5.91 Å². The number of carboxylic acids is 1. The molecule has 0 bridgehead atoms. The SMILES string of the molecule is CCN(CCCC(=O)O)C(=O)C(F)(F)CNC(=O)OCC1c2ccccc2-c2ccccc21. The summed E-state index contributed by atoms with van der Waals surface area (Å²) in [5.74, 6) is -6.59. The lowest BCUT2D eigenvalue weighted by molar-refractivity contribution is -0.156. The van der Waals surface area contributed by atoms with Crippen molar-refractivity contribution in [2.75, 3.05) is 26.2 Å². The van der Waals surface area contributed by atoms with Crippen molar-refractivity contribution >= 4 is 18.0 Å². The molecule has 1 aliphatic carbocycles. The minimum Gasteiger partial charge on any atom is -0.481 e. The molecule has 9 heteroatoms. The van der Waals surface area contributed by atoms with Gasteiger partial charge in [0.2, 0.25) is 0 Å². The van der Waals surface area contributed by atoms with Crippen molar-refractivity contribution in [3.05, 3.63) is 59.7 Å². The highest BCUT2D eigenvalue weighted by Gasteiger charge is 2.42. The van der Waals surface area contributed by atoms with E-state index in [-0.39, 0.29) is 38.5 Å². The van der Waals surface area contributed by atoms with Gasteiger partial charge in [0.15, 0.2) is 0 Å². The molecule has 2 amide bonds. The molecule has 2 aromatic rings. The average Bonchev–Trinajstić information content (AvgIpc) is 3.12. The van der Waals surface area contributed by atoms with Crippen LogP contribution in [0.5, 0.6) is 0 Å². The molecular weight excluding hydrogens is 434 g/mol. The third-order valence-electron chi connectivity index (χ3n) is 5.60. The number of carbonyl (C=O) groups excluding carboxylic acids is 2. The second kappa shape index (κ2) is 10.4. The maximum atomic E-state index is 14.4. The van der Waals surface area contributed by atoms with E-state index in [9.17, 15) is 23.2 Å². The first kappa shape index (κ1) is 24.2. The van der Waals surface area contributed by atoms with Crippen LogP contribution in [0.4, 0.5) is 13.6 Å². The highest BCUT2D eigenvalue weighted by atomic mass is 19.3. The van der Waals surface area contributed by atoms with Crippen LogP contribution in [0.25, 0.3) is 11.1 Å². The van der Waals surface area contributed by atoms with Gasteiger partial charge in [-0.2, -0.15) is 8.78 Å². The van der Waals surface area contributed by atoms with Crippen LogP contribution in [0.3, 0.4) is 0 Å². The van der Waals surface area contributed by atoms with Crippen LogP contribution in [0, 0.1) is 0 Å². The van der Waals surface area contributed by atoms with Gasteiger partial charge >= 0.3 is 18.0 Å². The molecule has 0 atom stereocenters. The number of nitrogens with one attached hydrogen (secondary N) is 1. The molecule has 7 nitrogen and oxygen atoms in total. The highest BCUT2D eigenvalue weighted by Crippen LogP contribution is 2.44. The summed E-state index contributed by atoms with van der Waals surface area (Å²) in [5, 5.41) is 10.6. The number of hydrogen-bond acceptors (Lipinski definition) is 4. The van der Waals surface area contributed by atoms with E-state index in [1.165, 1.54) is 6.92 Å². The van der Waals surface area contributed by atoms with Crippen LogP contribution in [0.15, 0.2) is 48.5 Å². The largest absolute Gasteiger partial charge is 0.481 e. The second-order valence-electron chi connectivity index (χ2n) is 7.77. The number of halogens is 2. The maximum Gasteiger partial charge on any atom is 0.407 e. The Kier molecular flexibility index (Phi) is 7.63. The molecule has 0 saturated heterocycles. The number of carboxylic acid groups (broad SMARTS) is 1. The first-order chi connectivity index (χ1) is 15.7. The molecule has 2 aromatic carbocycles. The molecular formula is C24H26F2N2O5. The monoisotopic (exact) mass is 460 g/mol. The van der Waals surface area contributed by atoms with Crippen molar-refractivity contribution in [1.29, 1.82) is 0 Å². The molecule has 2 N–H and O–H groups in total. The topological polar surface area (TPSA) is 95.9 Å². The van der Waals surface area contributed by atoms with Crippen molar-refractivity contribution in [2.24, 2.45) is 0 Å². The number of aliphatic carboxylic acids is 1. The first-order valence-corrected chi connectivity index (χ1v) is 10.7. The quantitative estimate of drug-likeness (QED) is 0.561. The summed E-state index contributed by atoms with van der Waals surface area (Å²) in [5.41, 5.74) is 4.07. The molecule has 0 unspecified atom stereocenters. The molecule has 0 radical (unpaired) electrons. The summed E-state index contributed by atoms with van der Waals surface area (Å²) in [6, 6.07) is 15.5. The summed E-state index contributed by atoms with van der Waals surface area (Å²) in [7, 11) is 0. The average molecular weight is 460 g/mol. The summed E-state index contributed by atoms with van der Waals surface area (Å²) < 4.78 is 33.9. The molecule has 1 aliphatic rings. The van der Waals surface area contributed by atoms with E-state index in [0.717, 1.165) is 27.2 Å². The Bertz CT molecular complexity index is 982. The van der Waals surface area contributed by atoms with Crippen molar-refractivity contribution in [3.8, 4) is 11.1 Å². The zero-order valence-electron chi connectivity index (χ0n) is 18.2. The Labute approximate surface area is 190 Å². The number of nitrogens with zero attached hydrogens (tertiary/aromatic N) is 1. The molecule has 0 aliphatic heterocycles. The van der Waals surface area contributed by atoms with Gasteiger partial charge in [-0.25, -0.2) is 4.79 Å². The molecule has 0 aromatic heterocycles. The van der Waals surface area contributed by atoms with Crippen LogP contribution >= 0.6 is 0 Å². The standard InChI is InChI=1S/C24H26F2N2O5/c1-2-28(13-7-12-21(29)30)22(31)24(25,26)15-27-23(32)33-14-20-18-10-5-3-8-16(18)17-9-4-6-11-19(17)20/h3-6,8-11,20H,2,7,12-15H2,1H3,(H,27,32)(H,29,30). The van der Waals surface area contributed by atoms with Crippen molar-refractivity contribution in [2.45, 2.75) is 31.6 Å². The van der Waals surface area contributed by atoms with Gasteiger partial charge in [-0.1, -0.05) is 48.5 Å². The summed E-state index contributed by atoms with van der Waals surface area (Å²) in [6.07, 6.45) is -1.21. The number of amides is 2. The first-order valence-electron chi connectivity index (χ1n) is 10.7. The predicted molar refractivity (Wildman–Crippen MR) is 117 cm³/mol. The van der Waals surface area contributed by atoms with E-state index in [1.807, 2.05) is 53.8 Å². The Balaban J connectivity index is 1.55. The van der Waals surface area contributed by atoms with Gasteiger partial charge < -0.3 is 20.1 Å². The van der Waals surface area contributed by atoms with E-state index < -0.39 is 30.4 Å². The number of carbonyl (C=O) groups is 3. The smallest absolute Gasteiger partial charge is 0.407 e. The van der Waals surface area contributed by atoms with E-state index in [0.29, 0.717) is 0 Å². The lowest BCUT2D eigenvalue weighted by atomic mass is 9.98. The molecule has 0 fully saturated rings. The molecule has 3 rings (SSSR count). The lowest BCUT2D eigenvalue weighted by Crippen LogP contribution is -2.50. The van der Waals surface area contributed by atoms with E-state index in [4.69, 9.17) is 9.84 Å². The zero-order chi connectivity index (χ0) is 24.0. The fourth-order valence-corrected chi connectivity index (χ4v) is 3.96. The van der Waals surface area contributed by atoms with Gasteiger partial charge in [0.1, 0.15) is 6.61 Å². The van der Waals surface area contributed by atoms with Crippen LogP contribution in [-0.2, 0) is 14.3 Å². The number of ether oxygens (including phenoxy) is 1. The van der Waals surface area contributed by atoms with Gasteiger partial charge in [0, 0.05) is 25.4 Å². The number of alkyl halides is 2. The Morgan fingerprint density at radius 3 is 2.18 bits per heavy atom. The highest BCUT2D eigenvalue weighted by molar-refractivity contribution is 5.84. The van der Waals surface area contributed by atoms with E-state index in [2.05, 4.69) is 0 Å². The fourth-order valence-electron chi connectivity index (χ4n) is 3.96. The minimum absolute atomic E-state index is 0.00101. The molecule has 0 heterocycles. The number of rotatable bonds is 10. The molecule has 0 saturated carbocycles. The number of benzene rings is 2. The number of alkyl carbamates (subject to hydrolysis) is 1. The molecule has 176 valence electrons. The Morgan fingerprint density at radius 2 is 1.64 bits per heavy atom. The Hall–Kier alpha value is -3.49. The number of fused-ring (bicyclic) bond motifs is 3. The van der Waals surface area contributed by atoms with E-state index in [1.54, 1.807) is 0 Å². The summed E-state index contributed by atoms with van der Waals surface area (Å²) in [4.78, 5) is 35.8. The van der Waals surface area contributed by atoms with Crippen molar-refractivity contribution < 1.29 is 33.0 Å². The maximum absolute atomic E-state index is 14.4. The third-order valence-corrected chi connectivity index (χ3v) is 5.60. The molecule has 33 heavy (non-hydrogen) atoms. The van der Waals surface area contributed by atoms with Crippen molar-refractivity contribution in [3.63, 3.8) is 0 Å². The van der Waals surface area contributed by atoms with Crippen LogP contribution in [-0.4, -0.2) is 60.1 Å². The Morgan fingerprint density at radius 1 is 1.06 bits per heavy atom. The summed E-state index contributed by atoms with van der Waals surface area (Å²) in [6.45, 7) is 0.169. The van der Waals surface area contributed by atoms with Crippen molar-refractivity contribution in [1.82, 2.24) is 10.2 Å². The minimum atomic E-state index is -3.84. The third kappa shape index (κ3) is 5.66. The van der Waals surface area contributed by atoms with E-state index >= 15 is 0 Å². The van der Waals surface area contributed by atoms with Crippen LogP contribution < -0.4 is 5.32 Å². The number of hydrogen-bond donors (Lipinski definition) is 2. The molecule has 0 spiro atoms. The fraction of sp³-hybridized carbons (Fsp3) is 0.375. The van der Waals surface area contributed by atoms with Gasteiger partial charge in [-0.05, 0) is 35.6 Å². The second-order valence-corrected chi connectivity index (χ2v) is 7.77.